The van der Waals surface area contributed by atoms with Crippen LogP contribution in [0.5, 0.6) is 0 Å². The third-order valence-electron chi connectivity index (χ3n) is 10.9. The number of nitrogen functional groups attached to an aromatic ring is 1. The van der Waals surface area contributed by atoms with Crippen molar-refractivity contribution >= 4 is 33.4 Å². The Morgan fingerprint density at radius 3 is 2.05 bits per heavy atom. The molecule has 416 valence electrons. The summed E-state index contributed by atoms with van der Waals surface area (Å²) < 4.78 is 56.6. The lowest BCUT2D eigenvalue weighted by Crippen LogP contribution is -2.36. The predicted molar refractivity (Wildman–Crippen MR) is 282 cm³/mol. The van der Waals surface area contributed by atoms with Gasteiger partial charge in [-0.1, -0.05) is 150 Å². The summed E-state index contributed by atoms with van der Waals surface area (Å²) in [6.45, 7) is 1.73. The van der Waals surface area contributed by atoms with Crippen LogP contribution >= 0.6 is 15.6 Å². The van der Waals surface area contributed by atoms with Crippen LogP contribution in [0.4, 0.5) is 5.82 Å². The molecule has 1 aromatic rings. The summed E-state index contributed by atoms with van der Waals surface area (Å²) in [5, 5.41) is 41.0. The number of carbonyl (C=O) groups is 2. The topological polar surface area (TPSA) is 306 Å². The molecule has 0 radical (unpaired) electrons. The Kier molecular flexibility index (Phi) is 34.7. The van der Waals surface area contributed by atoms with E-state index in [-0.39, 0.29) is 25.1 Å². The standard InChI is InChI=1S/C52H81N3O17P2/c1-3-5-7-8-9-10-11-12-13-14-15-16-20-23-29-35-47(58)67-39-44(70-48(59)36-30-24-28-34-43(57)33-27-22-19-17-18-21-26-32-42(56)31-25-6-4-2)40-68-73(63,64)72-74(65,66)69-41-45-49(60)50(61)51(71-45)55-38-37-46(53)54-52(55)62/h6,10-13,18-19,21-22,25-28,32-34,37-38,42-45,49-51,56-57,60-61H,3-5,7-9,14-17,20,23-24,29-31,35-36,39-41H2,1-2H3,(H,63,64)(H,65,66)(H2,53,54,62)/b11-10-,13-12-,21-18-,22-19-,25-6-,32-26+,33-27+,34-28-/t42-,43-,44+,45+,49+,50+,51+/m0/s1. The summed E-state index contributed by atoms with van der Waals surface area (Å²) in [6, 6.07) is 1.23. The molecule has 1 aliphatic rings. The van der Waals surface area contributed by atoms with Crippen molar-refractivity contribution in [2.24, 2.45) is 0 Å². The predicted octanol–water partition coefficient (Wildman–Crippen LogP) is 8.38. The number of aliphatic hydroxyl groups is 4. The fraction of sp³-hybridized carbons (Fsp3) is 0.577. The summed E-state index contributed by atoms with van der Waals surface area (Å²) in [5.74, 6) is -1.52. The third kappa shape index (κ3) is 31.5. The first-order valence-electron chi connectivity index (χ1n) is 25.5. The average Bonchev–Trinajstić information content (AvgIpc) is 3.63. The van der Waals surface area contributed by atoms with E-state index in [1.807, 2.05) is 37.3 Å². The lowest BCUT2D eigenvalue weighted by atomic mass is 10.1. The lowest BCUT2D eigenvalue weighted by molar-refractivity contribution is -0.161. The van der Waals surface area contributed by atoms with Gasteiger partial charge in [0.2, 0.25) is 0 Å². The van der Waals surface area contributed by atoms with Gasteiger partial charge in [0.1, 0.15) is 30.7 Å². The highest BCUT2D eigenvalue weighted by atomic mass is 31.3. The summed E-state index contributed by atoms with van der Waals surface area (Å²) in [4.78, 5) is 61.9. The van der Waals surface area contributed by atoms with Crippen LogP contribution in [0, 0.1) is 0 Å². The number of aliphatic hydroxyl groups excluding tert-OH is 4. The maximum Gasteiger partial charge on any atom is 0.481 e. The molecule has 0 bridgehead atoms. The number of rotatable bonds is 40. The molecule has 9 atom stereocenters. The maximum atomic E-state index is 12.9. The number of phosphoric acid groups is 2. The van der Waals surface area contributed by atoms with Crippen LogP contribution in [-0.4, -0.2) is 108 Å². The molecule has 20 nitrogen and oxygen atoms in total. The molecule has 2 heterocycles. The number of unbranched alkanes of at least 4 members (excludes halogenated alkanes) is 10. The number of carbonyl (C=O) groups excluding carboxylic acids is 2. The van der Waals surface area contributed by atoms with E-state index in [2.05, 4.69) is 40.5 Å². The summed E-state index contributed by atoms with van der Waals surface area (Å²) in [5.41, 5.74) is 4.56. The largest absolute Gasteiger partial charge is 0.481 e. The van der Waals surface area contributed by atoms with E-state index in [4.69, 9.17) is 29.0 Å². The quantitative estimate of drug-likeness (QED) is 0.0107. The molecule has 0 spiro atoms. The van der Waals surface area contributed by atoms with Crippen LogP contribution in [-0.2, 0) is 46.3 Å². The third-order valence-corrected chi connectivity index (χ3v) is 13.5. The monoisotopic (exact) mass is 1080 g/mol. The van der Waals surface area contributed by atoms with E-state index in [0.29, 0.717) is 25.7 Å². The highest BCUT2D eigenvalue weighted by Gasteiger charge is 2.46. The minimum Gasteiger partial charge on any atom is -0.462 e. The Bertz CT molecular complexity index is 2160. The Morgan fingerprint density at radius 2 is 1.36 bits per heavy atom. The maximum absolute atomic E-state index is 12.9. The van der Waals surface area contributed by atoms with Gasteiger partial charge >= 0.3 is 33.3 Å². The number of anilines is 1. The van der Waals surface area contributed by atoms with Gasteiger partial charge < -0.3 is 50.2 Å². The molecular weight excluding hydrogens is 1000 g/mol. The minimum absolute atomic E-state index is 0.0605. The van der Waals surface area contributed by atoms with Crippen molar-refractivity contribution in [3.63, 3.8) is 0 Å². The number of phosphoric ester groups is 2. The van der Waals surface area contributed by atoms with E-state index in [1.165, 1.54) is 31.7 Å². The number of hydrogen-bond acceptors (Lipinski definition) is 17. The van der Waals surface area contributed by atoms with Gasteiger partial charge in [-0.25, -0.2) is 13.9 Å². The Balaban J connectivity index is 1.88. The van der Waals surface area contributed by atoms with Gasteiger partial charge in [0.15, 0.2) is 12.3 Å². The number of hydrogen-bond donors (Lipinski definition) is 7. The van der Waals surface area contributed by atoms with Crippen LogP contribution in [0.1, 0.15) is 136 Å². The normalized spacial score (nSPS) is 20.5. The number of allylic oxidation sites excluding steroid dienone is 12. The molecule has 1 aliphatic heterocycles. The fourth-order valence-electron chi connectivity index (χ4n) is 6.87. The van der Waals surface area contributed by atoms with Crippen LogP contribution < -0.4 is 11.4 Å². The first-order chi connectivity index (χ1) is 35.5. The molecule has 0 saturated carbocycles. The zero-order chi connectivity index (χ0) is 54.5. The second-order valence-electron chi connectivity index (χ2n) is 17.4. The minimum atomic E-state index is -5.48. The van der Waals surface area contributed by atoms with Crippen molar-refractivity contribution in [3.05, 3.63) is 120 Å². The fourth-order valence-corrected chi connectivity index (χ4v) is 8.98. The van der Waals surface area contributed by atoms with E-state index >= 15 is 0 Å². The Hall–Kier alpha value is -4.40. The molecule has 0 aromatic carbocycles. The molecule has 1 aromatic heterocycles. The highest BCUT2D eigenvalue weighted by molar-refractivity contribution is 7.61. The molecule has 1 fully saturated rings. The summed E-state index contributed by atoms with van der Waals surface area (Å²) in [6.07, 6.45) is 35.5. The average molecular weight is 1080 g/mol. The molecule has 0 amide bonds. The van der Waals surface area contributed by atoms with Crippen LogP contribution in [0.2, 0.25) is 0 Å². The molecule has 2 unspecified atom stereocenters. The number of ether oxygens (including phenoxy) is 3. The Morgan fingerprint density at radius 1 is 0.743 bits per heavy atom. The molecule has 8 N–H and O–H groups in total. The van der Waals surface area contributed by atoms with Crippen molar-refractivity contribution in [2.45, 2.75) is 172 Å². The van der Waals surface area contributed by atoms with Gasteiger partial charge in [-0.3, -0.25) is 23.2 Å². The Labute approximate surface area is 435 Å². The molecule has 74 heavy (non-hydrogen) atoms. The summed E-state index contributed by atoms with van der Waals surface area (Å²) in [7, 11) is -11.0. The van der Waals surface area contributed by atoms with Crippen molar-refractivity contribution in [1.29, 1.82) is 0 Å². The van der Waals surface area contributed by atoms with Gasteiger partial charge in [0.25, 0.3) is 0 Å². The van der Waals surface area contributed by atoms with Crippen LogP contribution in [0.3, 0.4) is 0 Å². The SMILES string of the molecule is CC/C=C\C[C@H](O)/C=C/C=C\C/C=C\C=C\[C@H](O)/C=C\CCCC(=O)O[C@H](COC(=O)CCCCCCC/C=C\C=C/CCCCCC)COP(=O)(O)OP(=O)(O)OC[C@H]1O[C@@H](n2ccc(N)nc2=O)[C@H](O)[C@@H]1O. The zero-order valence-corrected chi connectivity index (χ0v) is 44.6. The highest BCUT2D eigenvalue weighted by Crippen LogP contribution is 2.60. The van der Waals surface area contributed by atoms with Gasteiger partial charge in [0, 0.05) is 19.0 Å². The van der Waals surface area contributed by atoms with E-state index in [0.717, 1.165) is 55.7 Å². The number of esters is 2. The molecular formula is C52H81N3O17P2. The first kappa shape index (κ1) is 65.7. The van der Waals surface area contributed by atoms with Crippen LogP contribution in [0.25, 0.3) is 0 Å². The second kappa shape index (κ2) is 39.0. The van der Waals surface area contributed by atoms with E-state index in [9.17, 15) is 53.7 Å². The van der Waals surface area contributed by atoms with Crippen molar-refractivity contribution in [1.82, 2.24) is 9.55 Å². The number of nitrogens with zero attached hydrogens (tertiary/aromatic N) is 2. The van der Waals surface area contributed by atoms with E-state index < -0.39 is 95.9 Å². The van der Waals surface area contributed by atoms with E-state index in [1.54, 1.807) is 42.5 Å². The van der Waals surface area contributed by atoms with Gasteiger partial charge in [0.05, 0.1) is 25.4 Å². The van der Waals surface area contributed by atoms with Gasteiger partial charge in [-0.05, 0) is 70.3 Å². The number of aromatic nitrogens is 2. The van der Waals surface area contributed by atoms with Crippen molar-refractivity contribution in [2.75, 3.05) is 25.6 Å². The first-order valence-corrected chi connectivity index (χ1v) is 28.5. The molecule has 0 aliphatic carbocycles. The van der Waals surface area contributed by atoms with Gasteiger partial charge in [-0.15, -0.1) is 0 Å². The van der Waals surface area contributed by atoms with Crippen molar-refractivity contribution < 1.29 is 76.5 Å². The molecule has 1 saturated heterocycles. The van der Waals surface area contributed by atoms with Crippen molar-refractivity contribution in [3.8, 4) is 0 Å². The zero-order valence-electron chi connectivity index (χ0n) is 42.8. The second-order valence-corrected chi connectivity index (χ2v) is 20.4. The smallest absolute Gasteiger partial charge is 0.462 e. The molecule has 2 rings (SSSR count). The van der Waals surface area contributed by atoms with Gasteiger partial charge in [-0.2, -0.15) is 9.29 Å². The summed E-state index contributed by atoms with van der Waals surface area (Å²) >= 11 is 0. The van der Waals surface area contributed by atoms with Crippen LogP contribution in [0.15, 0.2) is 114 Å². The number of nitrogens with two attached hydrogens (primary N) is 1. The molecule has 22 heteroatoms. The lowest BCUT2D eigenvalue weighted by Gasteiger charge is -2.21.